The maximum absolute atomic E-state index is 12.7. The van der Waals surface area contributed by atoms with E-state index in [1.807, 2.05) is 35.9 Å². The van der Waals surface area contributed by atoms with Crippen LogP contribution in [0.5, 0.6) is 0 Å². The number of nitrogens with one attached hydrogen (secondary N) is 2. The van der Waals surface area contributed by atoms with Gasteiger partial charge in [0.25, 0.3) is 0 Å². The van der Waals surface area contributed by atoms with Crippen LogP contribution in [0, 0.1) is 6.92 Å². The van der Waals surface area contributed by atoms with Gasteiger partial charge in [-0.3, -0.25) is 18.9 Å². The molecule has 0 aliphatic carbocycles. The van der Waals surface area contributed by atoms with Crippen LogP contribution in [0.1, 0.15) is 22.6 Å². The molecule has 8 heteroatoms. The zero-order chi connectivity index (χ0) is 22.1. The molecule has 3 heterocycles. The number of carbonyl (C=O) groups excluding carboxylic acids is 2. The predicted octanol–water partition coefficient (Wildman–Crippen LogP) is 2.86. The number of aromatic nitrogens is 2. The van der Waals surface area contributed by atoms with E-state index >= 15 is 0 Å². The van der Waals surface area contributed by atoms with E-state index in [1.54, 1.807) is 11.3 Å². The Balaban J connectivity index is 1.23. The zero-order valence-corrected chi connectivity index (χ0v) is 18.7. The molecular formula is C24H25N5O2S. The monoisotopic (exact) mass is 447 g/mol. The summed E-state index contributed by atoms with van der Waals surface area (Å²) >= 11 is 1.62. The number of carbonyl (C=O) groups is 2. The van der Waals surface area contributed by atoms with E-state index in [2.05, 4.69) is 50.8 Å². The molecule has 2 N–H and O–H groups in total. The Hall–Kier alpha value is -3.23. The second-order valence-corrected chi connectivity index (χ2v) is 9.42. The van der Waals surface area contributed by atoms with Gasteiger partial charge < -0.3 is 10.6 Å². The van der Waals surface area contributed by atoms with E-state index in [4.69, 9.17) is 0 Å². The van der Waals surface area contributed by atoms with E-state index in [9.17, 15) is 9.59 Å². The quantitative estimate of drug-likeness (QED) is 0.476. The summed E-state index contributed by atoms with van der Waals surface area (Å²) in [6, 6.07) is 14.1. The number of hydrogen-bond acceptors (Lipinski definition) is 5. The molecule has 7 nitrogen and oxygen atoms in total. The maximum atomic E-state index is 12.7. The van der Waals surface area contributed by atoms with E-state index < -0.39 is 6.04 Å². The Bertz CT molecular complexity index is 1260. The Labute approximate surface area is 190 Å². The number of nitrogens with zero attached hydrogens (tertiary/aromatic N) is 3. The minimum absolute atomic E-state index is 0.0924. The predicted molar refractivity (Wildman–Crippen MR) is 125 cm³/mol. The molecule has 5 rings (SSSR count). The van der Waals surface area contributed by atoms with Gasteiger partial charge in [-0.15, -0.1) is 11.3 Å². The molecule has 1 saturated heterocycles. The zero-order valence-electron chi connectivity index (χ0n) is 17.9. The van der Waals surface area contributed by atoms with Gasteiger partial charge >= 0.3 is 0 Å². The third-order valence-corrected chi connectivity index (χ3v) is 6.72. The molecule has 1 fully saturated rings. The van der Waals surface area contributed by atoms with E-state index in [0.29, 0.717) is 26.2 Å². The number of fused-ring (bicyclic) bond motifs is 2. The van der Waals surface area contributed by atoms with Gasteiger partial charge in [-0.05, 0) is 29.3 Å². The van der Waals surface area contributed by atoms with Gasteiger partial charge in [-0.25, -0.2) is 4.98 Å². The van der Waals surface area contributed by atoms with E-state index in [-0.39, 0.29) is 18.2 Å². The van der Waals surface area contributed by atoms with Crippen LogP contribution in [0.4, 0.5) is 0 Å². The first-order chi connectivity index (χ1) is 15.5. The van der Waals surface area contributed by atoms with Crippen molar-refractivity contribution in [2.24, 2.45) is 0 Å². The molecule has 164 valence electrons. The molecule has 0 spiro atoms. The standard InChI is InChI=1S/C24H25N5O2S/c1-16-13-29-15-20(27-24(29)32-16)12-26-22(30)11-21-23(31)25-8-9-28(21)14-17-6-7-18-4-2-3-5-19(18)10-17/h2-7,10,13,15,21H,8-9,11-12,14H2,1H3,(H,25,31)(H,26,30)/t21-/m1/s1. The van der Waals surface area contributed by atoms with Gasteiger partial charge in [0.2, 0.25) is 11.8 Å². The molecule has 1 aliphatic heterocycles. The van der Waals surface area contributed by atoms with Crippen LogP contribution in [-0.2, 0) is 22.7 Å². The summed E-state index contributed by atoms with van der Waals surface area (Å²) in [6.45, 7) is 4.33. The van der Waals surface area contributed by atoms with Crippen molar-refractivity contribution in [3.8, 4) is 0 Å². The third-order valence-electron chi connectivity index (χ3n) is 5.81. The van der Waals surface area contributed by atoms with Crippen LogP contribution in [0.15, 0.2) is 54.9 Å². The number of amides is 2. The number of benzene rings is 2. The van der Waals surface area contributed by atoms with Crippen molar-refractivity contribution in [3.63, 3.8) is 0 Å². The van der Waals surface area contributed by atoms with Crippen LogP contribution < -0.4 is 10.6 Å². The highest BCUT2D eigenvalue weighted by molar-refractivity contribution is 7.16. The Morgan fingerprint density at radius 2 is 2.06 bits per heavy atom. The topological polar surface area (TPSA) is 78.7 Å². The SMILES string of the molecule is Cc1cn2cc(CNC(=O)C[C@@H]3C(=O)NCCN3Cc3ccc4ccccc4c3)nc2s1. The first-order valence-corrected chi connectivity index (χ1v) is 11.6. The number of thiazole rings is 1. The highest BCUT2D eigenvalue weighted by Crippen LogP contribution is 2.20. The molecule has 2 aromatic carbocycles. The number of imidazole rings is 1. The van der Waals surface area contributed by atoms with Crippen LogP contribution in [0.3, 0.4) is 0 Å². The van der Waals surface area contributed by atoms with Gasteiger partial charge in [0, 0.05) is 36.9 Å². The van der Waals surface area contributed by atoms with Crippen LogP contribution in [0.25, 0.3) is 15.7 Å². The molecule has 1 atom stereocenters. The molecule has 2 aromatic heterocycles. The van der Waals surface area contributed by atoms with Gasteiger partial charge in [-0.1, -0.05) is 36.4 Å². The second-order valence-electron chi connectivity index (χ2n) is 8.20. The third kappa shape index (κ3) is 4.37. The minimum Gasteiger partial charge on any atom is -0.353 e. The van der Waals surface area contributed by atoms with Gasteiger partial charge in [0.1, 0.15) is 0 Å². The van der Waals surface area contributed by atoms with Crippen molar-refractivity contribution in [2.45, 2.75) is 32.5 Å². The van der Waals surface area contributed by atoms with Crippen molar-refractivity contribution >= 4 is 38.9 Å². The summed E-state index contributed by atoms with van der Waals surface area (Å²) in [6.07, 6.45) is 4.08. The molecule has 0 saturated carbocycles. The van der Waals surface area contributed by atoms with Gasteiger partial charge in [0.15, 0.2) is 4.96 Å². The molecule has 2 amide bonds. The molecule has 4 aromatic rings. The number of aryl methyl sites for hydroxylation is 1. The fraction of sp³-hybridized carbons (Fsp3) is 0.292. The normalized spacial score (nSPS) is 17.0. The minimum atomic E-state index is -0.483. The Morgan fingerprint density at radius 3 is 2.91 bits per heavy atom. The van der Waals surface area contributed by atoms with E-state index in [0.717, 1.165) is 16.2 Å². The smallest absolute Gasteiger partial charge is 0.237 e. The van der Waals surface area contributed by atoms with Crippen molar-refractivity contribution in [1.82, 2.24) is 24.9 Å². The summed E-state index contributed by atoms with van der Waals surface area (Å²) in [5, 5.41) is 8.19. The molecule has 0 unspecified atom stereocenters. The first kappa shape index (κ1) is 20.7. The number of piperazine rings is 1. The lowest BCUT2D eigenvalue weighted by Gasteiger charge is -2.34. The lowest BCUT2D eigenvalue weighted by Crippen LogP contribution is -2.56. The summed E-state index contributed by atoms with van der Waals surface area (Å²) in [5.74, 6) is -0.242. The largest absolute Gasteiger partial charge is 0.353 e. The average Bonchev–Trinajstić information content (AvgIpc) is 3.31. The average molecular weight is 448 g/mol. The van der Waals surface area contributed by atoms with Crippen LogP contribution in [0.2, 0.25) is 0 Å². The number of hydrogen-bond donors (Lipinski definition) is 2. The maximum Gasteiger partial charge on any atom is 0.237 e. The second kappa shape index (κ2) is 8.72. The summed E-state index contributed by atoms with van der Waals surface area (Å²) < 4.78 is 1.97. The van der Waals surface area contributed by atoms with Crippen LogP contribution >= 0.6 is 11.3 Å². The molecular weight excluding hydrogens is 422 g/mol. The lowest BCUT2D eigenvalue weighted by molar-refractivity contribution is -0.134. The fourth-order valence-corrected chi connectivity index (χ4v) is 5.05. The van der Waals surface area contributed by atoms with Crippen molar-refractivity contribution in [2.75, 3.05) is 13.1 Å². The van der Waals surface area contributed by atoms with Crippen molar-refractivity contribution in [3.05, 3.63) is 71.0 Å². The first-order valence-electron chi connectivity index (χ1n) is 10.8. The van der Waals surface area contributed by atoms with E-state index in [1.165, 1.54) is 15.6 Å². The molecule has 32 heavy (non-hydrogen) atoms. The van der Waals surface area contributed by atoms with Gasteiger partial charge in [-0.2, -0.15) is 0 Å². The lowest BCUT2D eigenvalue weighted by atomic mass is 10.0. The highest BCUT2D eigenvalue weighted by atomic mass is 32.1. The fourth-order valence-electron chi connectivity index (χ4n) is 4.23. The summed E-state index contributed by atoms with van der Waals surface area (Å²) in [5.41, 5.74) is 1.95. The molecule has 0 bridgehead atoms. The summed E-state index contributed by atoms with van der Waals surface area (Å²) in [7, 11) is 0. The number of rotatable bonds is 6. The molecule has 1 aliphatic rings. The summed E-state index contributed by atoms with van der Waals surface area (Å²) in [4.78, 5) is 34.0. The van der Waals surface area contributed by atoms with Crippen molar-refractivity contribution in [1.29, 1.82) is 0 Å². The highest BCUT2D eigenvalue weighted by Gasteiger charge is 2.31. The van der Waals surface area contributed by atoms with Crippen LogP contribution in [-0.4, -0.2) is 45.2 Å². The Morgan fingerprint density at radius 1 is 1.22 bits per heavy atom. The Kier molecular flexibility index (Phi) is 5.63. The van der Waals surface area contributed by atoms with Crippen molar-refractivity contribution < 1.29 is 9.59 Å². The van der Waals surface area contributed by atoms with Gasteiger partial charge in [0.05, 0.1) is 24.7 Å². The molecule has 0 radical (unpaired) electrons.